The average molecular weight is 434 g/mol. The molecular weight excluding hydrogens is 402 g/mol. The van der Waals surface area contributed by atoms with E-state index < -0.39 is 0 Å². The monoisotopic (exact) mass is 433 g/mol. The minimum absolute atomic E-state index is 0.354. The maximum absolute atomic E-state index is 6.27. The zero-order valence-electron chi connectivity index (χ0n) is 17.6. The van der Waals surface area contributed by atoms with Gasteiger partial charge in [0.05, 0.1) is 5.01 Å². The van der Waals surface area contributed by atoms with Crippen LogP contribution in [0.2, 0.25) is 5.02 Å². The Morgan fingerprint density at radius 3 is 2.97 bits per heavy atom. The first kappa shape index (κ1) is 22.1. The third-order valence-electron chi connectivity index (χ3n) is 5.33. The van der Waals surface area contributed by atoms with Crippen molar-refractivity contribution in [2.45, 2.75) is 39.2 Å². The first-order chi connectivity index (χ1) is 14.1. The van der Waals surface area contributed by atoms with Gasteiger partial charge in [0.2, 0.25) is 0 Å². The van der Waals surface area contributed by atoms with Gasteiger partial charge in [0, 0.05) is 48.2 Å². The van der Waals surface area contributed by atoms with Crippen molar-refractivity contribution in [2.75, 3.05) is 33.2 Å². The average Bonchev–Trinajstić information content (AvgIpc) is 3.11. The molecule has 0 radical (unpaired) electrons. The third-order valence-corrected chi connectivity index (χ3v) is 6.53. The lowest BCUT2D eigenvalue weighted by Crippen LogP contribution is -2.40. The van der Waals surface area contributed by atoms with E-state index in [1.807, 2.05) is 18.3 Å². The number of guanidine groups is 1. The Balaban J connectivity index is 1.64. The summed E-state index contributed by atoms with van der Waals surface area (Å²) in [5.41, 5.74) is 1.29. The van der Waals surface area contributed by atoms with Crippen molar-refractivity contribution < 1.29 is 0 Å². The summed E-state index contributed by atoms with van der Waals surface area (Å²) in [5.74, 6) is 1.36. The van der Waals surface area contributed by atoms with Crippen molar-refractivity contribution in [3.63, 3.8) is 0 Å². The Morgan fingerprint density at radius 1 is 1.38 bits per heavy atom. The Hall–Kier alpha value is -1.63. The number of aryl methyl sites for hydroxylation is 1. The molecule has 1 aliphatic rings. The molecule has 2 unspecified atom stereocenters. The van der Waals surface area contributed by atoms with E-state index in [0.717, 1.165) is 43.6 Å². The lowest BCUT2D eigenvalue weighted by Gasteiger charge is -2.39. The number of nitrogens with zero attached hydrogens (tertiary/aromatic N) is 3. The molecular formula is C22H32ClN5S. The topological polar surface area (TPSA) is 52.6 Å². The molecule has 2 atom stereocenters. The molecule has 158 valence electrons. The number of piperidine rings is 1. The van der Waals surface area contributed by atoms with Gasteiger partial charge in [-0.05, 0) is 63.9 Å². The Kier molecular flexibility index (Phi) is 8.33. The number of nitrogens with one attached hydrogen (secondary N) is 2. The van der Waals surface area contributed by atoms with Gasteiger partial charge in [0.1, 0.15) is 0 Å². The van der Waals surface area contributed by atoms with E-state index in [9.17, 15) is 0 Å². The van der Waals surface area contributed by atoms with E-state index >= 15 is 0 Å². The fourth-order valence-electron chi connectivity index (χ4n) is 4.02. The Labute approximate surface area is 183 Å². The highest BCUT2D eigenvalue weighted by Crippen LogP contribution is 2.36. The molecule has 1 aromatic heterocycles. The molecule has 1 saturated heterocycles. The Morgan fingerprint density at radius 2 is 2.24 bits per heavy atom. The van der Waals surface area contributed by atoms with Crippen LogP contribution in [0.15, 0.2) is 35.5 Å². The van der Waals surface area contributed by atoms with Crippen LogP contribution in [0, 0.1) is 12.8 Å². The van der Waals surface area contributed by atoms with Crippen molar-refractivity contribution in [2.24, 2.45) is 10.9 Å². The van der Waals surface area contributed by atoms with Gasteiger partial charge in [-0.15, -0.1) is 11.3 Å². The number of hydrogen-bond acceptors (Lipinski definition) is 4. The molecule has 2 heterocycles. The number of likely N-dealkylation sites (tertiary alicyclic amines) is 1. The minimum Gasteiger partial charge on any atom is -0.357 e. The van der Waals surface area contributed by atoms with Gasteiger partial charge in [0.15, 0.2) is 5.96 Å². The summed E-state index contributed by atoms with van der Waals surface area (Å²) < 4.78 is 0. The molecule has 2 N–H and O–H groups in total. The summed E-state index contributed by atoms with van der Waals surface area (Å²) >= 11 is 8.03. The van der Waals surface area contributed by atoms with Crippen LogP contribution in [0.1, 0.15) is 41.3 Å². The molecule has 1 aromatic carbocycles. The number of rotatable bonds is 7. The maximum atomic E-state index is 6.27. The zero-order valence-corrected chi connectivity index (χ0v) is 19.2. The van der Waals surface area contributed by atoms with Gasteiger partial charge < -0.3 is 10.6 Å². The van der Waals surface area contributed by atoms with Crippen LogP contribution >= 0.6 is 22.9 Å². The molecule has 2 aromatic rings. The summed E-state index contributed by atoms with van der Waals surface area (Å²) in [6, 6.07) is 8.64. The lowest BCUT2D eigenvalue weighted by atomic mass is 9.85. The number of thiazole rings is 1. The van der Waals surface area contributed by atoms with Crippen molar-refractivity contribution in [3.8, 4) is 0 Å². The van der Waals surface area contributed by atoms with Gasteiger partial charge >= 0.3 is 0 Å². The number of aliphatic imine (C=N–C) groups is 1. The highest BCUT2D eigenvalue weighted by molar-refractivity contribution is 7.11. The van der Waals surface area contributed by atoms with Crippen molar-refractivity contribution in [1.29, 1.82) is 0 Å². The first-order valence-electron chi connectivity index (χ1n) is 10.5. The normalized spacial score (nSPS) is 20.6. The molecule has 0 amide bonds. The summed E-state index contributed by atoms with van der Waals surface area (Å²) in [7, 11) is 2.21. The second kappa shape index (κ2) is 11.0. The second-order valence-electron chi connectivity index (χ2n) is 7.64. The zero-order chi connectivity index (χ0) is 20.6. The van der Waals surface area contributed by atoms with Gasteiger partial charge in [-0.1, -0.05) is 23.7 Å². The van der Waals surface area contributed by atoms with Crippen LogP contribution in [0.5, 0.6) is 0 Å². The second-order valence-corrected chi connectivity index (χ2v) is 9.40. The molecule has 1 aliphatic heterocycles. The number of halogens is 1. The quantitative estimate of drug-likeness (QED) is 0.505. The smallest absolute Gasteiger partial charge is 0.191 e. The summed E-state index contributed by atoms with van der Waals surface area (Å²) in [5, 5.41) is 8.81. The fraction of sp³-hybridized carbons (Fsp3) is 0.545. The number of hydrogen-bond donors (Lipinski definition) is 2. The lowest BCUT2D eigenvalue weighted by molar-refractivity contribution is 0.125. The van der Waals surface area contributed by atoms with E-state index in [2.05, 4.69) is 53.5 Å². The fourth-order valence-corrected chi connectivity index (χ4v) is 5.01. The Bertz CT molecular complexity index is 806. The maximum Gasteiger partial charge on any atom is 0.191 e. The van der Waals surface area contributed by atoms with Crippen molar-refractivity contribution in [3.05, 3.63) is 50.9 Å². The number of aromatic nitrogens is 1. The molecule has 0 spiro atoms. The van der Waals surface area contributed by atoms with Gasteiger partial charge in [-0.2, -0.15) is 0 Å². The van der Waals surface area contributed by atoms with E-state index in [4.69, 9.17) is 16.6 Å². The minimum atomic E-state index is 0.354. The van der Waals surface area contributed by atoms with Crippen LogP contribution in [-0.2, 0) is 6.42 Å². The molecule has 29 heavy (non-hydrogen) atoms. The van der Waals surface area contributed by atoms with E-state index in [0.29, 0.717) is 12.0 Å². The highest BCUT2D eigenvalue weighted by Gasteiger charge is 2.30. The van der Waals surface area contributed by atoms with Crippen molar-refractivity contribution in [1.82, 2.24) is 20.5 Å². The van der Waals surface area contributed by atoms with Crippen LogP contribution in [0.4, 0.5) is 0 Å². The highest BCUT2D eigenvalue weighted by atomic mass is 35.5. The standard InChI is InChI=1S/C22H32ClN5S/c1-4-24-22(25-11-10-20-26-14-16(2)29-20)27-15-18-8-6-12-28(3)21(18)17-7-5-9-19(23)13-17/h5,7,9,13-14,18,21H,4,6,8,10-12,15H2,1-3H3,(H2,24,25,27). The SMILES string of the molecule is CCNC(=NCC1CCCN(C)C1c1cccc(Cl)c1)NCCc1ncc(C)s1. The van der Waals surface area contributed by atoms with Crippen LogP contribution in [0.3, 0.4) is 0 Å². The molecule has 0 saturated carbocycles. The molecule has 7 heteroatoms. The largest absolute Gasteiger partial charge is 0.357 e. The van der Waals surface area contributed by atoms with Gasteiger partial charge in [-0.25, -0.2) is 4.98 Å². The third kappa shape index (κ3) is 6.43. The van der Waals surface area contributed by atoms with Gasteiger partial charge in [0.25, 0.3) is 0 Å². The molecule has 1 fully saturated rings. The number of benzene rings is 1. The van der Waals surface area contributed by atoms with Crippen LogP contribution in [0.25, 0.3) is 0 Å². The summed E-state index contributed by atoms with van der Waals surface area (Å²) in [6.45, 7) is 7.80. The molecule has 0 bridgehead atoms. The molecule has 0 aliphatic carbocycles. The van der Waals surface area contributed by atoms with E-state index in [1.54, 1.807) is 11.3 Å². The molecule has 3 rings (SSSR count). The van der Waals surface area contributed by atoms with Crippen molar-refractivity contribution >= 4 is 28.9 Å². The van der Waals surface area contributed by atoms with Crippen LogP contribution < -0.4 is 10.6 Å². The van der Waals surface area contributed by atoms with Gasteiger partial charge in [-0.3, -0.25) is 9.89 Å². The van der Waals surface area contributed by atoms with Crippen LogP contribution in [-0.4, -0.2) is 49.1 Å². The molecule has 5 nitrogen and oxygen atoms in total. The summed E-state index contributed by atoms with van der Waals surface area (Å²) in [4.78, 5) is 13.1. The summed E-state index contributed by atoms with van der Waals surface area (Å²) in [6.07, 6.45) is 5.25. The first-order valence-corrected chi connectivity index (χ1v) is 11.7. The predicted molar refractivity (Wildman–Crippen MR) is 124 cm³/mol. The van der Waals surface area contributed by atoms with E-state index in [1.165, 1.54) is 28.3 Å². The van der Waals surface area contributed by atoms with E-state index in [-0.39, 0.29) is 0 Å². The predicted octanol–water partition coefficient (Wildman–Crippen LogP) is 4.29.